The van der Waals surface area contributed by atoms with Crippen molar-refractivity contribution in [3.8, 4) is 0 Å². The minimum Gasteiger partial charge on any atom is -0.343 e. The molecule has 2 rings (SSSR count). The molecule has 1 aromatic carbocycles. The van der Waals surface area contributed by atoms with Crippen molar-refractivity contribution in [1.82, 2.24) is 10.2 Å². The topological polar surface area (TPSA) is 32.3 Å². The summed E-state index contributed by atoms with van der Waals surface area (Å²) in [7, 11) is 0. The van der Waals surface area contributed by atoms with Gasteiger partial charge in [0.15, 0.2) is 0 Å². The zero-order valence-electron chi connectivity index (χ0n) is 11.4. The molecule has 104 valence electrons. The van der Waals surface area contributed by atoms with E-state index in [1.165, 1.54) is 11.1 Å². The normalized spacial score (nSPS) is 15.3. The molecule has 0 saturated carbocycles. The molecule has 0 bridgehead atoms. The summed E-state index contributed by atoms with van der Waals surface area (Å²) >= 11 is 3.59. The number of aryl methyl sites for hydroxylation is 1. The van der Waals surface area contributed by atoms with Gasteiger partial charge in [0.2, 0.25) is 5.91 Å². The van der Waals surface area contributed by atoms with Crippen LogP contribution < -0.4 is 5.32 Å². The maximum atomic E-state index is 11.4. The van der Waals surface area contributed by atoms with Gasteiger partial charge in [0, 0.05) is 30.5 Å². The van der Waals surface area contributed by atoms with E-state index in [0.29, 0.717) is 5.91 Å². The van der Waals surface area contributed by atoms with Crippen LogP contribution in [0.4, 0.5) is 0 Å². The lowest BCUT2D eigenvalue weighted by Crippen LogP contribution is -2.28. The van der Waals surface area contributed by atoms with Gasteiger partial charge in [-0.1, -0.05) is 28.1 Å². The molecule has 0 spiro atoms. The molecular formula is C15H21BrN2O. The number of nitrogens with one attached hydrogen (secondary N) is 1. The van der Waals surface area contributed by atoms with Gasteiger partial charge in [-0.3, -0.25) is 4.79 Å². The number of nitrogens with zero attached hydrogens (tertiary/aromatic N) is 1. The third-order valence-electron chi connectivity index (χ3n) is 3.48. The third-order valence-corrected chi connectivity index (χ3v) is 4.22. The van der Waals surface area contributed by atoms with Crippen LogP contribution in [-0.4, -0.2) is 30.4 Å². The van der Waals surface area contributed by atoms with E-state index in [0.717, 1.165) is 49.9 Å². The van der Waals surface area contributed by atoms with E-state index in [-0.39, 0.29) is 0 Å². The summed E-state index contributed by atoms with van der Waals surface area (Å²) in [6.07, 6.45) is 2.79. The van der Waals surface area contributed by atoms with Gasteiger partial charge in [0.25, 0.3) is 0 Å². The summed E-state index contributed by atoms with van der Waals surface area (Å²) in [6, 6.07) is 6.42. The van der Waals surface area contributed by atoms with Gasteiger partial charge in [-0.15, -0.1) is 0 Å². The Morgan fingerprint density at radius 1 is 1.42 bits per heavy atom. The highest BCUT2D eigenvalue weighted by Gasteiger charge is 2.18. The molecular weight excluding hydrogens is 304 g/mol. The summed E-state index contributed by atoms with van der Waals surface area (Å²) in [5.74, 6) is 0.321. The predicted molar refractivity (Wildman–Crippen MR) is 81.0 cm³/mol. The van der Waals surface area contributed by atoms with Gasteiger partial charge in [-0.25, -0.2) is 0 Å². The lowest BCUT2D eigenvalue weighted by atomic mass is 10.1. The zero-order valence-corrected chi connectivity index (χ0v) is 13.0. The van der Waals surface area contributed by atoms with Crippen molar-refractivity contribution in [2.75, 3.05) is 19.6 Å². The molecule has 1 aromatic rings. The summed E-state index contributed by atoms with van der Waals surface area (Å²) in [6.45, 7) is 5.75. The number of hydrogen-bond acceptors (Lipinski definition) is 2. The lowest BCUT2D eigenvalue weighted by Gasteiger charge is -2.15. The molecule has 1 aliphatic heterocycles. The highest BCUT2D eigenvalue weighted by Crippen LogP contribution is 2.18. The number of carbonyl (C=O) groups is 1. The van der Waals surface area contributed by atoms with E-state index in [1.54, 1.807) is 0 Å². The van der Waals surface area contributed by atoms with Crippen LogP contribution in [0.1, 0.15) is 30.4 Å². The summed E-state index contributed by atoms with van der Waals surface area (Å²) in [4.78, 5) is 13.4. The van der Waals surface area contributed by atoms with Crippen molar-refractivity contribution < 1.29 is 4.79 Å². The van der Waals surface area contributed by atoms with Gasteiger partial charge in [0.1, 0.15) is 0 Å². The molecule has 0 unspecified atom stereocenters. The second kappa shape index (κ2) is 7.06. The van der Waals surface area contributed by atoms with Crippen molar-refractivity contribution in [2.24, 2.45) is 0 Å². The molecule has 1 N–H and O–H groups in total. The molecule has 0 atom stereocenters. The molecule has 0 radical (unpaired) electrons. The number of carbonyl (C=O) groups excluding carboxylic acids is 1. The Morgan fingerprint density at radius 3 is 2.95 bits per heavy atom. The first-order valence-electron chi connectivity index (χ1n) is 6.90. The smallest absolute Gasteiger partial charge is 0.222 e. The van der Waals surface area contributed by atoms with Gasteiger partial charge in [-0.05, 0) is 43.5 Å². The van der Waals surface area contributed by atoms with Crippen LogP contribution in [0.15, 0.2) is 22.7 Å². The minimum absolute atomic E-state index is 0.321. The molecule has 0 aromatic heterocycles. The van der Waals surface area contributed by atoms with E-state index in [1.807, 2.05) is 4.90 Å². The average Bonchev–Trinajstić information content (AvgIpc) is 2.77. The number of benzene rings is 1. The maximum absolute atomic E-state index is 11.4. The Balaban J connectivity index is 1.65. The van der Waals surface area contributed by atoms with E-state index in [9.17, 15) is 4.79 Å². The molecule has 4 heteroatoms. The van der Waals surface area contributed by atoms with E-state index >= 15 is 0 Å². The largest absolute Gasteiger partial charge is 0.343 e. The zero-order chi connectivity index (χ0) is 13.7. The highest BCUT2D eigenvalue weighted by atomic mass is 79.9. The molecule has 1 fully saturated rings. The van der Waals surface area contributed by atoms with Gasteiger partial charge >= 0.3 is 0 Å². The molecule has 1 aliphatic rings. The first-order chi connectivity index (χ1) is 9.16. The molecule has 1 amide bonds. The Bertz CT molecular complexity index is 448. The number of likely N-dealkylation sites (tertiary alicyclic amines) is 1. The standard InChI is InChI=1S/C15H21BrN2O/c1-12-5-6-13(14(16)10-12)11-17-7-3-9-18-8-2-4-15(18)19/h5-6,10,17H,2-4,7-9,11H2,1H3. The second-order valence-electron chi connectivity index (χ2n) is 5.11. The second-order valence-corrected chi connectivity index (χ2v) is 5.96. The van der Waals surface area contributed by atoms with Crippen molar-refractivity contribution in [2.45, 2.75) is 32.7 Å². The Hall–Kier alpha value is -0.870. The van der Waals surface area contributed by atoms with Crippen molar-refractivity contribution in [3.63, 3.8) is 0 Å². The fraction of sp³-hybridized carbons (Fsp3) is 0.533. The van der Waals surface area contributed by atoms with Gasteiger partial charge in [0.05, 0.1) is 0 Å². The van der Waals surface area contributed by atoms with Crippen molar-refractivity contribution in [3.05, 3.63) is 33.8 Å². The van der Waals surface area contributed by atoms with Gasteiger partial charge < -0.3 is 10.2 Å². The molecule has 1 heterocycles. The first-order valence-corrected chi connectivity index (χ1v) is 7.69. The van der Waals surface area contributed by atoms with Crippen LogP contribution in [0.25, 0.3) is 0 Å². The average molecular weight is 325 g/mol. The number of halogens is 1. The summed E-state index contributed by atoms with van der Waals surface area (Å²) in [5, 5.41) is 3.43. The van der Waals surface area contributed by atoms with Crippen LogP contribution in [-0.2, 0) is 11.3 Å². The van der Waals surface area contributed by atoms with E-state index < -0.39 is 0 Å². The maximum Gasteiger partial charge on any atom is 0.222 e. The molecule has 1 saturated heterocycles. The van der Waals surface area contributed by atoms with Crippen LogP contribution in [0.2, 0.25) is 0 Å². The van der Waals surface area contributed by atoms with Crippen molar-refractivity contribution in [1.29, 1.82) is 0 Å². The fourth-order valence-corrected chi connectivity index (χ4v) is 2.99. The Labute approximate surface area is 123 Å². The van der Waals surface area contributed by atoms with Crippen LogP contribution >= 0.6 is 15.9 Å². The van der Waals surface area contributed by atoms with Crippen molar-refractivity contribution >= 4 is 21.8 Å². The quantitative estimate of drug-likeness (QED) is 0.816. The van der Waals surface area contributed by atoms with Crippen LogP contribution in [0.3, 0.4) is 0 Å². The number of amides is 1. The summed E-state index contributed by atoms with van der Waals surface area (Å²) < 4.78 is 1.16. The number of rotatable bonds is 6. The van der Waals surface area contributed by atoms with E-state index in [4.69, 9.17) is 0 Å². The molecule has 3 nitrogen and oxygen atoms in total. The highest BCUT2D eigenvalue weighted by molar-refractivity contribution is 9.10. The fourth-order valence-electron chi connectivity index (χ4n) is 2.35. The number of hydrogen-bond donors (Lipinski definition) is 1. The third kappa shape index (κ3) is 4.32. The van der Waals surface area contributed by atoms with Crippen LogP contribution in [0.5, 0.6) is 0 Å². The Morgan fingerprint density at radius 2 is 2.26 bits per heavy atom. The van der Waals surface area contributed by atoms with Crippen LogP contribution in [0, 0.1) is 6.92 Å². The van der Waals surface area contributed by atoms with E-state index in [2.05, 4.69) is 46.4 Å². The SMILES string of the molecule is Cc1ccc(CNCCCN2CCCC2=O)c(Br)c1. The molecule has 0 aliphatic carbocycles. The first kappa shape index (κ1) is 14.5. The lowest BCUT2D eigenvalue weighted by molar-refractivity contribution is -0.127. The Kier molecular flexibility index (Phi) is 5.40. The monoisotopic (exact) mass is 324 g/mol. The minimum atomic E-state index is 0.321. The summed E-state index contributed by atoms with van der Waals surface area (Å²) in [5.41, 5.74) is 2.55. The van der Waals surface area contributed by atoms with Gasteiger partial charge in [-0.2, -0.15) is 0 Å². The molecule has 19 heavy (non-hydrogen) atoms. The predicted octanol–water partition coefficient (Wildman–Crippen LogP) is 2.86.